The highest BCUT2D eigenvalue weighted by molar-refractivity contribution is 7.09. The second-order valence-electron chi connectivity index (χ2n) is 4.78. The number of ketones is 1. The Bertz CT molecular complexity index is 345. The number of thiophene rings is 1. The van der Waals surface area contributed by atoms with Gasteiger partial charge in [-0.3, -0.25) is 9.69 Å². The van der Waals surface area contributed by atoms with Gasteiger partial charge in [0, 0.05) is 36.3 Å². The highest BCUT2D eigenvalue weighted by atomic mass is 32.1. The summed E-state index contributed by atoms with van der Waals surface area (Å²) in [6.07, 6.45) is 2.57. The van der Waals surface area contributed by atoms with Crippen LogP contribution in [0.5, 0.6) is 0 Å². The number of rotatable bonds is 4. The highest BCUT2D eigenvalue weighted by Crippen LogP contribution is 2.25. The molecule has 0 aliphatic heterocycles. The smallest absolute Gasteiger partial charge is 0.134 e. The lowest BCUT2D eigenvalue weighted by molar-refractivity contribution is -0.117. The minimum absolute atomic E-state index is 0.432. The fourth-order valence-electron chi connectivity index (χ4n) is 2.39. The minimum Gasteiger partial charge on any atom is -0.300 e. The Labute approximate surface area is 101 Å². The van der Waals surface area contributed by atoms with E-state index < -0.39 is 0 Å². The first-order chi connectivity index (χ1) is 7.66. The van der Waals surface area contributed by atoms with E-state index >= 15 is 0 Å². The first-order valence-corrected chi connectivity index (χ1v) is 6.84. The maximum Gasteiger partial charge on any atom is 0.134 e. The lowest BCUT2D eigenvalue weighted by atomic mass is 10.1. The summed E-state index contributed by atoms with van der Waals surface area (Å²) in [5.74, 6) is 0.432. The van der Waals surface area contributed by atoms with Crippen molar-refractivity contribution < 1.29 is 4.79 Å². The van der Waals surface area contributed by atoms with Crippen LogP contribution in [-0.4, -0.2) is 22.8 Å². The Hall–Kier alpha value is -0.670. The maximum absolute atomic E-state index is 11.4. The summed E-state index contributed by atoms with van der Waals surface area (Å²) in [5, 5.41) is 2.12. The van der Waals surface area contributed by atoms with Crippen molar-refractivity contribution >= 4 is 17.1 Å². The lowest BCUT2D eigenvalue weighted by Gasteiger charge is -2.31. The van der Waals surface area contributed by atoms with Gasteiger partial charge in [-0.15, -0.1) is 11.3 Å². The Kier molecular flexibility index (Phi) is 3.77. The van der Waals surface area contributed by atoms with Crippen molar-refractivity contribution in [1.29, 1.82) is 0 Å². The molecule has 2 nitrogen and oxygen atoms in total. The molecule has 0 N–H and O–H groups in total. The zero-order valence-corrected chi connectivity index (χ0v) is 10.8. The van der Waals surface area contributed by atoms with Crippen molar-refractivity contribution in [3.8, 4) is 0 Å². The zero-order valence-electron chi connectivity index (χ0n) is 9.98. The molecule has 1 unspecified atom stereocenters. The molecule has 1 heterocycles. The largest absolute Gasteiger partial charge is 0.300 e. The number of carbonyl (C=O) groups excluding carboxylic acids is 1. The fraction of sp³-hybridized carbons (Fsp3) is 0.615. The molecule has 1 saturated carbocycles. The Balaban J connectivity index is 2.03. The van der Waals surface area contributed by atoms with Crippen LogP contribution in [0.4, 0.5) is 0 Å². The summed E-state index contributed by atoms with van der Waals surface area (Å²) in [4.78, 5) is 15.2. The van der Waals surface area contributed by atoms with Crippen LogP contribution in [0.15, 0.2) is 17.5 Å². The molecule has 0 saturated heterocycles. The van der Waals surface area contributed by atoms with Crippen molar-refractivity contribution in [3.63, 3.8) is 0 Å². The Morgan fingerprint density at radius 1 is 1.56 bits per heavy atom. The number of Topliss-reactive ketones (excluding diaryl/α,β-unsaturated/α-hetero) is 1. The van der Waals surface area contributed by atoms with Crippen molar-refractivity contribution in [2.75, 3.05) is 0 Å². The molecular weight excluding hydrogens is 218 g/mol. The van der Waals surface area contributed by atoms with Crippen molar-refractivity contribution in [2.45, 2.75) is 51.7 Å². The van der Waals surface area contributed by atoms with Crippen LogP contribution in [0.3, 0.4) is 0 Å². The molecule has 2 rings (SSSR count). The third-order valence-electron chi connectivity index (χ3n) is 3.27. The average Bonchev–Trinajstić information content (AvgIpc) is 2.84. The van der Waals surface area contributed by atoms with Crippen LogP contribution < -0.4 is 0 Å². The van der Waals surface area contributed by atoms with Gasteiger partial charge in [-0.05, 0) is 31.7 Å². The average molecular weight is 237 g/mol. The van der Waals surface area contributed by atoms with E-state index in [0.29, 0.717) is 17.9 Å². The zero-order chi connectivity index (χ0) is 11.5. The molecule has 16 heavy (non-hydrogen) atoms. The number of hydrogen-bond acceptors (Lipinski definition) is 3. The van der Waals surface area contributed by atoms with Crippen LogP contribution in [-0.2, 0) is 11.3 Å². The third-order valence-corrected chi connectivity index (χ3v) is 4.13. The van der Waals surface area contributed by atoms with E-state index in [1.807, 2.05) is 0 Å². The van der Waals surface area contributed by atoms with Gasteiger partial charge in [-0.25, -0.2) is 0 Å². The molecule has 1 aromatic rings. The fourth-order valence-corrected chi connectivity index (χ4v) is 3.11. The van der Waals surface area contributed by atoms with E-state index in [4.69, 9.17) is 0 Å². The van der Waals surface area contributed by atoms with Crippen LogP contribution in [0, 0.1) is 0 Å². The normalized spacial score (nSPS) is 21.2. The van der Waals surface area contributed by atoms with Gasteiger partial charge in [0.05, 0.1) is 0 Å². The van der Waals surface area contributed by atoms with Crippen LogP contribution in [0.1, 0.15) is 38.0 Å². The Morgan fingerprint density at radius 2 is 2.38 bits per heavy atom. The molecule has 1 aliphatic rings. The molecule has 1 fully saturated rings. The lowest BCUT2D eigenvalue weighted by Crippen LogP contribution is -2.38. The second kappa shape index (κ2) is 5.11. The summed E-state index contributed by atoms with van der Waals surface area (Å²) in [6.45, 7) is 5.43. The van der Waals surface area contributed by atoms with Crippen LogP contribution in [0.2, 0.25) is 0 Å². The number of carbonyl (C=O) groups is 1. The van der Waals surface area contributed by atoms with E-state index in [-0.39, 0.29) is 0 Å². The van der Waals surface area contributed by atoms with Gasteiger partial charge in [0.1, 0.15) is 5.78 Å². The molecular formula is C13H19NOS. The third kappa shape index (κ3) is 2.71. The summed E-state index contributed by atoms with van der Waals surface area (Å²) < 4.78 is 0. The molecule has 1 atom stereocenters. The van der Waals surface area contributed by atoms with Gasteiger partial charge >= 0.3 is 0 Å². The molecule has 3 heteroatoms. The first kappa shape index (κ1) is 11.8. The molecule has 0 amide bonds. The summed E-state index contributed by atoms with van der Waals surface area (Å²) in [5.41, 5.74) is 0. The predicted molar refractivity (Wildman–Crippen MR) is 67.6 cm³/mol. The highest BCUT2D eigenvalue weighted by Gasteiger charge is 2.29. The van der Waals surface area contributed by atoms with E-state index in [2.05, 4.69) is 36.3 Å². The summed E-state index contributed by atoms with van der Waals surface area (Å²) in [7, 11) is 0. The van der Waals surface area contributed by atoms with Gasteiger partial charge in [0.15, 0.2) is 0 Å². The van der Waals surface area contributed by atoms with Gasteiger partial charge in [0.2, 0.25) is 0 Å². The Morgan fingerprint density at radius 3 is 2.88 bits per heavy atom. The summed E-state index contributed by atoms with van der Waals surface area (Å²) in [6, 6.07) is 5.25. The molecule has 1 aromatic heterocycles. The monoisotopic (exact) mass is 237 g/mol. The number of nitrogens with zero attached hydrogens (tertiary/aromatic N) is 1. The van der Waals surface area contributed by atoms with E-state index in [0.717, 1.165) is 25.8 Å². The molecule has 0 aromatic carbocycles. The van der Waals surface area contributed by atoms with Crippen molar-refractivity contribution in [2.24, 2.45) is 0 Å². The molecule has 0 bridgehead atoms. The SMILES string of the molecule is CC(C)N(Cc1cccs1)C1CCC(=O)C1. The van der Waals surface area contributed by atoms with Gasteiger partial charge < -0.3 is 0 Å². The molecule has 0 radical (unpaired) electrons. The van der Waals surface area contributed by atoms with Gasteiger partial charge in [-0.1, -0.05) is 6.07 Å². The maximum atomic E-state index is 11.4. The van der Waals surface area contributed by atoms with Gasteiger partial charge in [0.25, 0.3) is 0 Å². The topological polar surface area (TPSA) is 20.3 Å². The minimum atomic E-state index is 0.432. The summed E-state index contributed by atoms with van der Waals surface area (Å²) >= 11 is 1.80. The standard InChI is InChI=1S/C13H19NOS/c1-10(2)14(9-13-4-3-7-16-13)11-5-6-12(15)8-11/h3-4,7,10-11H,5-6,8-9H2,1-2H3. The predicted octanol–water partition coefficient (Wildman–Crippen LogP) is 3.08. The van der Waals surface area contributed by atoms with E-state index in [9.17, 15) is 4.79 Å². The van der Waals surface area contributed by atoms with Gasteiger partial charge in [-0.2, -0.15) is 0 Å². The molecule has 0 spiro atoms. The number of hydrogen-bond donors (Lipinski definition) is 0. The van der Waals surface area contributed by atoms with Crippen molar-refractivity contribution in [1.82, 2.24) is 4.90 Å². The molecule has 1 aliphatic carbocycles. The quantitative estimate of drug-likeness (QED) is 0.802. The molecule has 88 valence electrons. The first-order valence-electron chi connectivity index (χ1n) is 5.96. The second-order valence-corrected chi connectivity index (χ2v) is 5.81. The van der Waals surface area contributed by atoms with Crippen LogP contribution in [0.25, 0.3) is 0 Å². The van der Waals surface area contributed by atoms with E-state index in [1.54, 1.807) is 11.3 Å². The van der Waals surface area contributed by atoms with E-state index in [1.165, 1.54) is 4.88 Å². The van der Waals surface area contributed by atoms with Crippen LogP contribution >= 0.6 is 11.3 Å². The van der Waals surface area contributed by atoms with Crippen molar-refractivity contribution in [3.05, 3.63) is 22.4 Å².